The van der Waals surface area contributed by atoms with Crippen LogP contribution in [0.3, 0.4) is 0 Å². The van der Waals surface area contributed by atoms with Crippen LogP contribution in [0, 0.1) is 5.41 Å². The summed E-state index contributed by atoms with van der Waals surface area (Å²) in [6.07, 6.45) is 0.667. The van der Waals surface area contributed by atoms with Gasteiger partial charge in [0, 0.05) is 10.0 Å². The summed E-state index contributed by atoms with van der Waals surface area (Å²) in [6.45, 7) is 1.82. The summed E-state index contributed by atoms with van der Waals surface area (Å²) >= 11 is 10.1. The number of carbonyl (C=O) groups is 2. The first-order chi connectivity index (χ1) is 8.76. The maximum absolute atomic E-state index is 11.9. The van der Waals surface area contributed by atoms with Crippen LogP contribution in [0.15, 0.2) is 28.7 Å². The average Bonchev–Trinajstić information content (AvgIpc) is 2.87. The van der Waals surface area contributed by atoms with E-state index in [9.17, 15) is 9.59 Å². The molecule has 1 saturated carbocycles. The van der Waals surface area contributed by atoms with Gasteiger partial charge in [-0.3, -0.25) is 20.4 Å². The van der Waals surface area contributed by atoms with Crippen molar-refractivity contribution in [3.8, 4) is 0 Å². The van der Waals surface area contributed by atoms with Gasteiger partial charge >= 0.3 is 0 Å². The molecule has 0 bridgehead atoms. The van der Waals surface area contributed by atoms with E-state index in [1.54, 1.807) is 24.3 Å². The lowest BCUT2D eigenvalue weighted by molar-refractivity contribution is -0.126. The zero-order valence-electron chi connectivity index (χ0n) is 9.97. The highest BCUT2D eigenvalue weighted by atomic mass is 79.9. The summed E-state index contributed by atoms with van der Waals surface area (Å²) in [5, 5.41) is 0. The molecule has 0 aliphatic heterocycles. The molecule has 0 saturated heterocycles. The fourth-order valence-electron chi connectivity index (χ4n) is 1.57. The van der Waals surface area contributed by atoms with Crippen molar-refractivity contribution in [2.45, 2.75) is 16.6 Å². The first kappa shape index (κ1) is 15.0. The van der Waals surface area contributed by atoms with Gasteiger partial charge in [-0.2, -0.15) is 0 Å². The highest BCUT2D eigenvalue weighted by Crippen LogP contribution is 2.66. The van der Waals surface area contributed by atoms with E-state index in [-0.39, 0.29) is 15.0 Å². The number of amides is 2. The zero-order valence-corrected chi connectivity index (χ0v) is 14.7. The van der Waals surface area contributed by atoms with Gasteiger partial charge in [0.15, 0.2) is 0 Å². The second-order valence-electron chi connectivity index (χ2n) is 4.63. The molecule has 0 radical (unpaired) electrons. The molecule has 0 heterocycles. The molecule has 19 heavy (non-hydrogen) atoms. The quantitative estimate of drug-likeness (QED) is 0.533. The number of hydrogen-bond acceptors (Lipinski definition) is 2. The molecule has 2 amide bonds. The van der Waals surface area contributed by atoms with Crippen LogP contribution in [0.2, 0.25) is 0 Å². The maximum atomic E-state index is 11.9. The minimum absolute atomic E-state index is 0.230. The van der Waals surface area contributed by atoms with Gasteiger partial charge in [0.1, 0.15) is 0 Å². The largest absolute Gasteiger partial charge is 0.273 e. The normalized spacial score (nSPS) is 23.6. The second-order valence-corrected chi connectivity index (χ2v) is 9.32. The van der Waals surface area contributed by atoms with E-state index in [1.165, 1.54) is 0 Å². The van der Waals surface area contributed by atoms with Crippen LogP contribution in [0.4, 0.5) is 0 Å². The predicted molar refractivity (Wildman–Crippen MR) is 83.1 cm³/mol. The van der Waals surface area contributed by atoms with E-state index in [0.717, 1.165) is 4.47 Å². The van der Waals surface area contributed by atoms with Gasteiger partial charge in [0.25, 0.3) is 5.91 Å². The van der Waals surface area contributed by atoms with Crippen molar-refractivity contribution in [2.75, 3.05) is 0 Å². The number of hydrogen-bond donors (Lipinski definition) is 2. The smallest absolute Gasteiger partial charge is 0.269 e. The summed E-state index contributed by atoms with van der Waals surface area (Å²) in [4.78, 5) is 23.7. The SMILES string of the molecule is C[C@@]1(C(=O)NNC(=O)c2ccc(Br)cc2)CC1(Br)Br. The molecule has 102 valence electrons. The second kappa shape index (κ2) is 5.18. The number of halogens is 3. The molecule has 7 heteroatoms. The molecule has 0 spiro atoms. The molecule has 4 nitrogen and oxygen atoms in total. The molecule has 2 rings (SSSR count). The minimum atomic E-state index is -0.556. The third kappa shape index (κ3) is 3.03. The van der Waals surface area contributed by atoms with Gasteiger partial charge in [0.2, 0.25) is 5.91 Å². The summed E-state index contributed by atoms with van der Waals surface area (Å²) in [7, 11) is 0. The van der Waals surface area contributed by atoms with Crippen molar-refractivity contribution in [3.05, 3.63) is 34.3 Å². The maximum Gasteiger partial charge on any atom is 0.269 e. The lowest BCUT2D eigenvalue weighted by Gasteiger charge is -2.13. The molecule has 1 fully saturated rings. The van der Waals surface area contributed by atoms with E-state index in [2.05, 4.69) is 58.6 Å². The van der Waals surface area contributed by atoms with E-state index >= 15 is 0 Å². The molecule has 0 aromatic heterocycles. The first-order valence-corrected chi connectivity index (χ1v) is 7.88. The van der Waals surface area contributed by atoms with E-state index < -0.39 is 5.41 Å². The van der Waals surface area contributed by atoms with Gasteiger partial charge in [-0.1, -0.05) is 47.8 Å². The van der Waals surface area contributed by atoms with Gasteiger partial charge in [-0.05, 0) is 37.6 Å². The molecule has 1 aromatic rings. The summed E-state index contributed by atoms with van der Waals surface area (Å²) < 4.78 is 0.515. The molecular weight excluding hydrogens is 444 g/mol. The Morgan fingerprint density at radius 3 is 2.16 bits per heavy atom. The number of alkyl halides is 2. The van der Waals surface area contributed by atoms with E-state index in [1.807, 2.05) is 6.92 Å². The molecule has 0 unspecified atom stereocenters. The number of nitrogens with one attached hydrogen (secondary N) is 2. The Hall–Kier alpha value is -0.400. The monoisotopic (exact) mass is 452 g/mol. The van der Waals surface area contributed by atoms with Crippen LogP contribution in [-0.2, 0) is 4.79 Å². The van der Waals surface area contributed by atoms with Crippen LogP contribution in [0.25, 0.3) is 0 Å². The Morgan fingerprint density at radius 1 is 1.16 bits per heavy atom. The van der Waals surface area contributed by atoms with Crippen molar-refractivity contribution < 1.29 is 9.59 Å². The molecule has 1 aliphatic rings. The fraction of sp³-hybridized carbons (Fsp3) is 0.333. The van der Waals surface area contributed by atoms with Crippen LogP contribution < -0.4 is 10.9 Å². The highest BCUT2D eigenvalue weighted by Gasteiger charge is 2.66. The van der Waals surface area contributed by atoms with Crippen molar-refractivity contribution in [3.63, 3.8) is 0 Å². The van der Waals surface area contributed by atoms with Crippen LogP contribution in [-0.4, -0.2) is 15.0 Å². The first-order valence-electron chi connectivity index (χ1n) is 5.50. The molecule has 2 N–H and O–H groups in total. The fourth-order valence-corrected chi connectivity index (χ4v) is 3.32. The zero-order chi connectivity index (χ0) is 14.3. The Bertz CT molecular complexity index is 530. The lowest BCUT2D eigenvalue weighted by Crippen LogP contribution is -2.45. The Labute approximate surface area is 136 Å². The Kier molecular flexibility index (Phi) is 4.09. The van der Waals surface area contributed by atoms with Gasteiger partial charge in [0.05, 0.1) is 8.65 Å². The predicted octanol–water partition coefficient (Wildman–Crippen LogP) is 3.11. The third-order valence-corrected chi connectivity index (χ3v) is 5.99. The summed E-state index contributed by atoms with van der Waals surface area (Å²) in [5.74, 6) is -0.577. The number of hydrazine groups is 1. The van der Waals surface area contributed by atoms with Crippen LogP contribution >= 0.6 is 47.8 Å². The van der Waals surface area contributed by atoms with Gasteiger partial charge in [-0.15, -0.1) is 0 Å². The standard InChI is InChI=1S/C12H11Br3N2O2/c1-11(6-12(11,14)15)10(19)17-16-9(18)7-2-4-8(13)5-3-7/h2-5H,6H2,1H3,(H,16,18)(H,17,19)/t11-/m0/s1. The Morgan fingerprint density at radius 2 is 1.68 bits per heavy atom. The lowest BCUT2D eigenvalue weighted by atomic mass is 10.1. The molecule has 1 aromatic carbocycles. The third-order valence-electron chi connectivity index (χ3n) is 3.15. The minimum Gasteiger partial charge on any atom is -0.273 e. The summed E-state index contributed by atoms with van der Waals surface area (Å²) in [5.41, 5.74) is 4.77. The van der Waals surface area contributed by atoms with Crippen molar-refractivity contribution in [2.24, 2.45) is 5.41 Å². The molecular formula is C12H11Br3N2O2. The average molecular weight is 455 g/mol. The number of benzene rings is 1. The van der Waals surface area contributed by atoms with E-state index in [0.29, 0.717) is 12.0 Å². The van der Waals surface area contributed by atoms with Crippen molar-refractivity contribution >= 4 is 59.6 Å². The van der Waals surface area contributed by atoms with E-state index in [4.69, 9.17) is 0 Å². The van der Waals surface area contributed by atoms with Crippen LogP contribution in [0.5, 0.6) is 0 Å². The van der Waals surface area contributed by atoms with Crippen LogP contribution in [0.1, 0.15) is 23.7 Å². The van der Waals surface area contributed by atoms with Gasteiger partial charge < -0.3 is 0 Å². The Balaban J connectivity index is 1.91. The topological polar surface area (TPSA) is 58.2 Å². The summed E-state index contributed by atoms with van der Waals surface area (Å²) in [6, 6.07) is 6.87. The number of carbonyl (C=O) groups excluding carboxylic acids is 2. The highest BCUT2D eigenvalue weighted by molar-refractivity contribution is 9.25. The molecule has 1 aliphatic carbocycles. The van der Waals surface area contributed by atoms with Gasteiger partial charge in [-0.25, -0.2) is 0 Å². The van der Waals surface area contributed by atoms with Crippen molar-refractivity contribution in [1.82, 2.24) is 10.9 Å². The van der Waals surface area contributed by atoms with Crippen molar-refractivity contribution in [1.29, 1.82) is 0 Å². The molecule has 1 atom stereocenters. The number of rotatable bonds is 2.